The first-order chi connectivity index (χ1) is 10.6. The molecule has 3 aromatic heterocycles. The molecule has 0 saturated carbocycles. The molecule has 6 heteroatoms. The van der Waals surface area contributed by atoms with Crippen LogP contribution in [0.1, 0.15) is 25.6 Å². The Hall–Kier alpha value is -1.50. The Bertz CT molecular complexity index is 832. The summed E-state index contributed by atoms with van der Waals surface area (Å²) in [7, 11) is 1.65. The van der Waals surface area contributed by atoms with Gasteiger partial charge in [0.1, 0.15) is 10.7 Å². The van der Waals surface area contributed by atoms with Crippen LogP contribution in [0.3, 0.4) is 0 Å². The fourth-order valence-electron chi connectivity index (χ4n) is 2.49. The van der Waals surface area contributed by atoms with Crippen LogP contribution in [0.15, 0.2) is 27.7 Å². The fourth-order valence-corrected chi connectivity index (χ4v) is 4.25. The first kappa shape index (κ1) is 15.4. The molecule has 0 radical (unpaired) electrons. The van der Waals surface area contributed by atoms with Gasteiger partial charge in [0.2, 0.25) is 0 Å². The summed E-state index contributed by atoms with van der Waals surface area (Å²) < 4.78 is 6.91. The number of aromatic nitrogens is 2. The molecule has 0 aliphatic heterocycles. The molecular formula is C16H18N2O2S2. The molecular weight excluding hydrogens is 316 g/mol. The van der Waals surface area contributed by atoms with Gasteiger partial charge in [-0.05, 0) is 11.4 Å². The van der Waals surface area contributed by atoms with Gasteiger partial charge >= 0.3 is 0 Å². The molecule has 0 amide bonds. The zero-order valence-corrected chi connectivity index (χ0v) is 14.5. The normalized spacial score (nSPS) is 11.6. The minimum atomic E-state index is 0.0374. The van der Waals surface area contributed by atoms with Crippen molar-refractivity contribution in [1.29, 1.82) is 0 Å². The molecule has 116 valence electrons. The van der Waals surface area contributed by atoms with E-state index in [2.05, 4.69) is 13.8 Å². The molecule has 0 unspecified atom stereocenters. The van der Waals surface area contributed by atoms with Crippen molar-refractivity contribution in [2.24, 2.45) is 0 Å². The number of thiophene rings is 2. The molecule has 3 aromatic rings. The summed E-state index contributed by atoms with van der Waals surface area (Å²) in [6.07, 6.45) is 0. The van der Waals surface area contributed by atoms with Gasteiger partial charge in [-0.3, -0.25) is 9.36 Å². The highest BCUT2D eigenvalue weighted by molar-refractivity contribution is 7.18. The molecule has 0 saturated heterocycles. The highest BCUT2D eigenvalue weighted by Gasteiger charge is 2.18. The van der Waals surface area contributed by atoms with Crippen molar-refractivity contribution in [2.75, 3.05) is 13.7 Å². The van der Waals surface area contributed by atoms with Gasteiger partial charge < -0.3 is 4.74 Å². The third kappa shape index (κ3) is 2.62. The van der Waals surface area contributed by atoms with Crippen LogP contribution in [0.4, 0.5) is 0 Å². The summed E-state index contributed by atoms with van der Waals surface area (Å²) in [5.41, 5.74) is 1.03. The van der Waals surface area contributed by atoms with Gasteiger partial charge in [0.15, 0.2) is 0 Å². The van der Waals surface area contributed by atoms with Crippen molar-refractivity contribution < 1.29 is 4.74 Å². The molecule has 0 bridgehead atoms. The zero-order chi connectivity index (χ0) is 15.7. The van der Waals surface area contributed by atoms with Crippen LogP contribution < -0.4 is 5.56 Å². The Morgan fingerprint density at radius 1 is 1.36 bits per heavy atom. The van der Waals surface area contributed by atoms with E-state index >= 15 is 0 Å². The van der Waals surface area contributed by atoms with Gasteiger partial charge in [-0.15, -0.1) is 22.7 Å². The number of nitrogens with zero attached hydrogens (tertiary/aromatic N) is 2. The summed E-state index contributed by atoms with van der Waals surface area (Å²) in [6, 6.07) is 4.05. The molecule has 0 aromatic carbocycles. The monoisotopic (exact) mass is 334 g/mol. The van der Waals surface area contributed by atoms with E-state index in [0.29, 0.717) is 13.2 Å². The first-order valence-electron chi connectivity index (χ1n) is 7.18. The van der Waals surface area contributed by atoms with Crippen LogP contribution in [0, 0.1) is 0 Å². The number of rotatable bonds is 5. The van der Waals surface area contributed by atoms with E-state index in [1.165, 1.54) is 0 Å². The highest BCUT2D eigenvalue weighted by Crippen LogP contribution is 2.34. The summed E-state index contributed by atoms with van der Waals surface area (Å²) >= 11 is 3.19. The number of hydrogen-bond acceptors (Lipinski definition) is 5. The van der Waals surface area contributed by atoms with Crippen LogP contribution in [-0.2, 0) is 11.3 Å². The average molecular weight is 334 g/mol. The van der Waals surface area contributed by atoms with Gasteiger partial charge in [0, 0.05) is 28.8 Å². The van der Waals surface area contributed by atoms with Gasteiger partial charge in [0.25, 0.3) is 5.56 Å². The van der Waals surface area contributed by atoms with Crippen LogP contribution in [0.2, 0.25) is 0 Å². The van der Waals surface area contributed by atoms with E-state index in [1.807, 2.05) is 22.9 Å². The Morgan fingerprint density at radius 3 is 2.82 bits per heavy atom. The maximum Gasteiger partial charge on any atom is 0.263 e. The molecule has 0 atom stereocenters. The second-order valence-corrected chi connectivity index (χ2v) is 7.19. The number of hydrogen-bond donors (Lipinski definition) is 0. The van der Waals surface area contributed by atoms with Crippen LogP contribution >= 0.6 is 22.7 Å². The van der Waals surface area contributed by atoms with Crippen molar-refractivity contribution >= 4 is 32.9 Å². The molecule has 3 rings (SSSR count). The standard InChI is InChI=1S/C16H18N2O2S2/c1-10(2)14-17-15-13(16(19)18(14)6-7-20-3)11(9-22-15)12-5-4-8-21-12/h4-5,8-10H,6-7H2,1-3H3. The molecule has 0 aliphatic carbocycles. The van der Waals surface area contributed by atoms with Crippen molar-refractivity contribution in [3.63, 3.8) is 0 Å². The molecule has 0 aliphatic rings. The molecule has 0 fully saturated rings. The van der Waals surface area contributed by atoms with Crippen molar-refractivity contribution in [1.82, 2.24) is 9.55 Å². The van der Waals surface area contributed by atoms with E-state index in [4.69, 9.17) is 9.72 Å². The lowest BCUT2D eigenvalue weighted by molar-refractivity contribution is 0.184. The second-order valence-electron chi connectivity index (χ2n) is 5.38. The largest absolute Gasteiger partial charge is 0.383 e. The summed E-state index contributed by atoms with van der Waals surface area (Å²) in [4.78, 5) is 19.7. The SMILES string of the molecule is COCCn1c(C(C)C)nc2scc(-c3cccs3)c2c1=O. The van der Waals surface area contributed by atoms with E-state index < -0.39 is 0 Å². The molecule has 0 spiro atoms. The Balaban J connectivity index is 2.26. The average Bonchev–Trinajstić information content (AvgIpc) is 3.14. The molecule has 0 N–H and O–H groups in total. The Kier molecular flexibility index (Phi) is 4.42. The lowest BCUT2D eigenvalue weighted by Gasteiger charge is -2.14. The number of methoxy groups -OCH3 is 1. The maximum absolute atomic E-state index is 13.0. The molecule has 3 heterocycles. The topological polar surface area (TPSA) is 44.1 Å². The van der Waals surface area contributed by atoms with Crippen molar-refractivity contribution in [3.8, 4) is 10.4 Å². The Labute approximate surface area is 137 Å². The van der Waals surface area contributed by atoms with Gasteiger partial charge in [-0.2, -0.15) is 0 Å². The lowest BCUT2D eigenvalue weighted by atomic mass is 10.1. The Morgan fingerprint density at radius 2 is 2.18 bits per heavy atom. The van der Waals surface area contributed by atoms with E-state index in [9.17, 15) is 4.79 Å². The molecule has 4 nitrogen and oxygen atoms in total. The smallest absolute Gasteiger partial charge is 0.263 e. The second kappa shape index (κ2) is 6.32. The first-order valence-corrected chi connectivity index (χ1v) is 8.94. The van der Waals surface area contributed by atoms with Crippen LogP contribution in [0.5, 0.6) is 0 Å². The van der Waals surface area contributed by atoms with Crippen LogP contribution in [-0.4, -0.2) is 23.3 Å². The third-order valence-corrected chi connectivity index (χ3v) is 5.32. The zero-order valence-electron chi connectivity index (χ0n) is 12.8. The number of ether oxygens (including phenoxy) is 1. The third-order valence-electron chi connectivity index (χ3n) is 3.55. The minimum Gasteiger partial charge on any atom is -0.383 e. The summed E-state index contributed by atoms with van der Waals surface area (Å²) in [5, 5.41) is 4.79. The highest BCUT2D eigenvalue weighted by atomic mass is 32.1. The van der Waals surface area contributed by atoms with Crippen molar-refractivity contribution in [3.05, 3.63) is 39.1 Å². The fraction of sp³-hybridized carbons (Fsp3) is 0.375. The van der Waals surface area contributed by atoms with Gasteiger partial charge in [0.05, 0.1) is 18.5 Å². The van der Waals surface area contributed by atoms with Gasteiger partial charge in [-0.1, -0.05) is 19.9 Å². The maximum atomic E-state index is 13.0. The quantitative estimate of drug-likeness (QED) is 0.709. The minimum absolute atomic E-state index is 0.0374. The van der Waals surface area contributed by atoms with Crippen molar-refractivity contribution in [2.45, 2.75) is 26.3 Å². The summed E-state index contributed by atoms with van der Waals surface area (Å²) in [5.74, 6) is 1.02. The van der Waals surface area contributed by atoms with E-state index in [-0.39, 0.29) is 11.5 Å². The number of fused-ring (bicyclic) bond motifs is 1. The predicted octanol–water partition coefficient (Wildman–Crippen LogP) is 3.96. The van der Waals surface area contributed by atoms with Gasteiger partial charge in [-0.25, -0.2) is 4.98 Å². The summed E-state index contributed by atoms with van der Waals surface area (Å²) in [6.45, 7) is 5.16. The lowest BCUT2D eigenvalue weighted by Crippen LogP contribution is -2.27. The van der Waals surface area contributed by atoms with Crippen LogP contribution in [0.25, 0.3) is 20.7 Å². The van der Waals surface area contributed by atoms with E-state index in [1.54, 1.807) is 34.4 Å². The van der Waals surface area contributed by atoms with E-state index in [0.717, 1.165) is 26.5 Å². The molecule has 22 heavy (non-hydrogen) atoms. The predicted molar refractivity (Wildman–Crippen MR) is 93.2 cm³/mol.